The highest BCUT2D eigenvalue weighted by Gasteiger charge is 2.20. The van der Waals surface area contributed by atoms with Gasteiger partial charge in [0.2, 0.25) is 0 Å². The molecule has 0 bridgehead atoms. The number of rotatable bonds is 2. The molecule has 1 fully saturated rings. The molecule has 2 aromatic rings. The van der Waals surface area contributed by atoms with Gasteiger partial charge in [0.25, 0.3) is 0 Å². The van der Waals surface area contributed by atoms with E-state index in [1.54, 1.807) is 18.3 Å². The van der Waals surface area contributed by atoms with Gasteiger partial charge in [0, 0.05) is 23.7 Å². The van der Waals surface area contributed by atoms with E-state index in [0.29, 0.717) is 5.92 Å². The first-order valence-corrected chi connectivity index (χ1v) is 6.34. The van der Waals surface area contributed by atoms with E-state index >= 15 is 0 Å². The number of piperidine rings is 1. The maximum absolute atomic E-state index is 13.3. The number of H-pyrrole nitrogens is 1. The van der Waals surface area contributed by atoms with Crippen LogP contribution >= 0.6 is 12.4 Å². The van der Waals surface area contributed by atoms with E-state index in [-0.39, 0.29) is 18.2 Å². The highest BCUT2D eigenvalue weighted by molar-refractivity contribution is 5.85. The van der Waals surface area contributed by atoms with Gasteiger partial charge in [0.15, 0.2) is 0 Å². The number of nitrogens with one attached hydrogen (secondary N) is 2. The van der Waals surface area contributed by atoms with E-state index in [1.165, 1.54) is 12.5 Å². The summed E-state index contributed by atoms with van der Waals surface area (Å²) in [7, 11) is 0. The molecule has 1 saturated heterocycles. The molecule has 1 aliphatic rings. The smallest absolute Gasteiger partial charge is 0.123 e. The molecule has 1 atom stereocenters. The van der Waals surface area contributed by atoms with Crippen LogP contribution in [0.3, 0.4) is 0 Å². The second-order valence-corrected chi connectivity index (χ2v) is 4.75. The predicted molar refractivity (Wildman–Crippen MR) is 76.1 cm³/mol. The van der Waals surface area contributed by atoms with E-state index in [2.05, 4.69) is 15.5 Å². The Balaban J connectivity index is 0.00000133. The second kappa shape index (κ2) is 6.17. The lowest BCUT2D eigenvalue weighted by molar-refractivity contribution is 0.455. The number of hydrogen-bond donors (Lipinski definition) is 2. The number of aromatic nitrogens is 2. The highest BCUT2D eigenvalue weighted by Crippen LogP contribution is 2.31. The Morgan fingerprint density at radius 1 is 1.32 bits per heavy atom. The molecule has 1 unspecified atom stereocenters. The molecule has 0 saturated carbocycles. The van der Waals surface area contributed by atoms with Crippen LogP contribution in [0.15, 0.2) is 30.5 Å². The summed E-state index contributed by atoms with van der Waals surface area (Å²) in [6, 6.07) is 6.68. The van der Waals surface area contributed by atoms with Crippen LogP contribution in [0.25, 0.3) is 11.1 Å². The maximum Gasteiger partial charge on any atom is 0.123 e. The van der Waals surface area contributed by atoms with Crippen LogP contribution in [-0.4, -0.2) is 23.3 Å². The molecule has 1 aromatic heterocycles. The Bertz CT molecular complexity index is 535. The van der Waals surface area contributed by atoms with Crippen LogP contribution in [0.1, 0.15) is 24.5 Å². The summed E-state index contributed by atoms with van der Waals surface area (Å²) in [5, 5.41) is 10.6. The van der Waals surface area contributed by atoms with Gasteiger partial charge in [-0.1, -0.05) is 12.1 Å². The third kappa shape index (κ3) is 2.96. The maximum atomic E-state index is 13.3. The van der Waals surface area contributed by atoms with Crippen molar-refractivity contribution in [2.45, 2.75) is 18.8 Å². The van der Waals surface area contributed by atoms with Crippen molar-refractivity contribution in [1.82, 2.24) is 15.5 Å². The fourth-order valence-electron chi connectivity index (χ4n) is 2.59. The number of halogens is 2. The standard InChI is InChI=1S/C14H16FN3.ClH/c15-12-5-1-3-10(7-12)13-9-17-18-14(13)11-4-2-6-16-8-11;/h1,3,5,7,9,11,16H,2,4,6,8H2,(H,17,18);1H. The number of benzene rings is 1. The van der Waals surface area contributed by atoms with Crippen molar-refractivity contribution >= 4 is 12.4 Å². The minimum atomic E-state index is -0.207. The van der Waals surface area contributed by atoms with Gasteiger partial charge < -0.3 is 5.32 Å². The normalized spacial score (nSPS) is 18.9. The first kappa shape index (κ1) is 14.0. The second-order valence-electron chi connectivity index (χ2n) is 4.75. The van der Waals surface area contributed by atoms with Crippen molar-refractivity contribution in [3.63, 3.8) is 0 Å². The molecule has 0 amide bonds. The van der Waals surface area contributed by atoms with Gasteiger partial charge >= 0.3 is 0 Å². The predicted octanol–water partition coefficient (Wildman–Crippen LogP) is 3.10. The van der Waals surface area contributed by atoms with Crippen molar-refractivity contribution < 1.29 is 4.39 Å². The Labute approximate surface area is 118 Å². The van der Waals surface area contributed by atoms with Crippen LogP contribution in [0.5, 0.6) is 0 Å². The molecule has 1 aliphatic heterocycles. The zero-order valence-electron chi connectivity index (χ0n) is 10.5. The summed E-state index contributed by atoms with van der Waals surface area (Å²) in [6.07, 6.45) is 4.11. The summed E-state index contributed by atoms with van der Waals surface area (Å²) in [5.74, 6) is 0.237. The zero-order valence-corrected chi connectivity index (χ0v) is 11.3. The van der Waals surface area contributed by atoms with Crippen molar-refractivity contribution in [1.29, 1.82) is 0 Å². The fourth-order valence-corrected chi connectivity index (χ4v) is 2.59. The van der Waals surface area contributed by atoms with Crippen molar-refractivity contribution in [2.24, 2.45) is 0 Å². The Hall–Kier alpha value is -1.39. The first-order chi connectivity index (χ1) is 8.84. The van der Waals surface area contributed by atoms with Crippen LogP contribution in [0.4, 0.5) is 4.39 Å². The molecule has 2 N–H and O–H groups in total. The van der Waals surface area contributed by atoms with E-state index in [4.69, 9.17) is 0 Å². The average molecular weight is 282 g/mol. The van der Waals surface area contributed by atoms with E-state index in [1.807, 2.05) is 6.07 Å². The van der Waals surface area contributed by atoms with Crippen LogP contribution < -0.4 is 5.32 Å². The first-order valence-electron chi connectivity index (χ1n) is 6.34. The molecule has 1 aromatic carbocycles. The lowest BCUT2D eigenvalue weighted by Crippen LogP contribution is -2.28. The van der Waals surface area contributed by atoms with Crippen molar-refractivity contribution in [3.05, 3.63) is 42.0 Å². The molecule has 0 aliphatic carbocycles. The molecule has 3 rings (SSSR count). The Morgan fingerprint density at radius 3 is 2.95 bits per heavy atom. The van der Waals surface area contributed by atoms with Gasteiger partial charge in [-0.15, -0.1) is 12.4 Å². The lowest BCUT2D eigenvalue weighted by Gasteiger charge is -2.22. The summed E-state index contributed by atoms with van der Waals surface area (Å²) >= 11 is 0. The zero-order chi connectivity index (χ0) is 12.4. The van der Waals surface area contributed by atoms with Gasteiger partial charge in [0.1, 0.15) is 5.82 Å². The number of nitrogens with zero attached hydrogens (tertiary/aromatic N) is 1. The monoisotopic (exact) mass is 281 g/mol. The van der Waals surface area contributed by atoms with Gasteiger partial charge in [-0.3, -0.25) is 5.10 Å². The molecule has 3 nitrogen and oxygen atoms in total. The van der Waals surface area contributed by atoms with E-state index in [0.717, 1.165) is 36.3 Å². The van der Waals surface area contributed by atoms with E-state index < -0.39 is 0 Å². The van der Waals surface area contributed by atoms with Crippen LogP contribution in [-0.2, 0) is 0 Å². The topological polar surface area (TPSA) is 40.7 Å². The molecule has 19 heavy (non-hydrogen) atoms. The van der Waals surface area contributed by atoms with E-state index in [9.17, 15) is 4.39 Å². The molecular formula is C14H17ClFN3. The minimum Gasteiger partial charge on any atom is -0.316 e. The van der Waals surface area contributed by atoms with Crippen molar-refractivity contribution in [3.8, 4) is 11.1 Å². The molecule has 0 spiro atoms. The van der Waals surface area contributed by atoms with Gasteiger partial charge in [-0.2, -0.15) is 5.10 Å². The summed E-state index contributed by atoms with van der Waals surface area (Å²) in [5.41, 5.74) is 3.03. The summed E-state index contributed by atoms with van der Waals surface area (Å²) in [6.45, 7) is 2.05. The molecule has 0 radical (unpaired) electrons. The van der Waals surface area contributed by atoms with Crippen molar-refractivity contribution in [2.75, 3.05) is 13.1 Å². The summed E-state index contributed by atoms with van der Waals surface area (Å²) < 4.78 is 13.3. The fraction of sp³-hybridized carbons (Fsp3) is 0.357. The van der Waals surface area contributed by atoms with Crippen LogP contribution in [0, 0.1) is 5.82 Å². The summed E-state index contributed by atoms with van der Waals surface area (Å²) in [4.78, 5) is 0. The lowest BCUT2D eigenvalue weighted by atomic mass is 9.91. The third-order valence-electron chi connectivity index (χ3n) is 3.51. The highest BCUT2D eigenvalue weighted by atomic mass is 35.5. The molecule has 2 heterocycles. The van der Waals surface area contributed by atoms with Gasteiger partial charge in [-0.25, -0.2) is 4.39 Å². The van der Waals surface area contributed by atoms with Gasteiger partial charge in [0.05, 0.1) is 6.20 Å². The number of hydrogen-bond acceptors (Lipinski definition) is 2. The van der Waals surface area contributed by atoms with Gasteiger partial charge in [-0.05, 0) is 37.1 Å². The average Bonchev–Trinajstić information content (AvgIpc) is 2.89. The largest absolute Gasteiger partial charge is 0.316 e. The SMILES string of the molecule is Cl.Fc1cccc(-c2cn[nH]c2C2CCCNC2)c1. The quantitative estimate of drug-likeness (QED) is 0.888. The number of aromatic amines is 1. The minimum absolute atomic E-state index is 0. The third-order valence-corrected chi connectivity index (χ3v) is 3.51. The molecule has 102 valence electrons. The Morgan fingerprint density at radius 2 is 2.21 bits per heavy atom. The molecular weight excluding hydrogens is 265 g/mol. The molecule has 5 heteroatoms. The Kier molecular flexibility index (Phi) is 4.56. The van der Waals surface area contributed by atoms with Crippen LogP contribution in [0.2, 0.25) is 0 Å².